The van der Waals surface area contributed by atoms with E-state index in [0.717, 1.165) is 50.0 Å². The summed E-state index contributed by atoms with van der Waals surface area (Å²) in [7, 11) is 0. The molecule has 1 atom stereocenters. The Hall–Kier alpha value is -2.59. The summed E-state index contributed by atoms with van der Waals surface area (Å²) >= 11 is 0. The molecule has 0 spiro atoms. The lowest BCUT2D eigenvalue weighted by Gasteiger charge is -2.41. The van der Waals surface area contributed by atoms with Crippen LogP contribution in [0.25, 0.3) is 0 Å². The van der Waals surface area contributed by atoms with Gasteiger partial charge in [0.2, 0.25) is 5.91 Å². The molecule has 3 aliphatic heterocycles. The number of carbonyl (C=O) groups is 1. The molecule has 0 N–H and O–H groups in total. The van der Waals surface area contributed by atoms with Crippen LogP contribution in [0.5, 0.6) is 0 Å². The SMILES string of the molecule is Cc1ccc(C2(CCN3CCC(N4CCCCC4)CC3)CCN(C(=O)Cc3cc(C(F)(F)F)cc(C(F)(F)F)c3)C2)cc1C. The van der Waals surface area contributed by atoms with E-state index in [-0.39, 0.29) is 17.0 Å². The number of hydrogen-bond donors (Lipinski definition) is 0. The van der Waals surface area contributed by atoms with Gasteiger partial charge in [0.1, 0.15) is 0 Å². The summed E-state index contributed by atoms with van der Waals surface area (Å²) in [4.78, 5) is 20.2. The van der Waals surface area contributed by atoms with Crippen LogP contribution in [0, 0.1) is 13.8 Å². The molecule has 10 heteroatoms. The monoisotopic (exact) mass is 623 g/mol. The lowest BCUT2D eigenvalue weighted by Crippen LogP contribution is -2.47. The maximum Gasteiger partial charge on any atom is 0.416 e. The summed E-state index contributed by atoms with van der Waals surface area (Å²) in [5.41, 5.74) is 0.0466. The number of alkyl halides is 6. The van der Waals surface area contributed by atoms with Crippen molar-refractivity contribution < 1.29 is 31.1 Å². The second-order valence-electron chi connectivity index (χ2n) is 13.2. The molecule has 2 aromatic carbocycles. The first-order chi connectivity index (χ1) is 20.7. The topological polar surface area (TPSA) is 26.8 Å². The van der Waals surface area contributed by atoms with Gasteiger partial charge in [0.15, 0.2) is 0 Å². The Balaban J connectivity index is 1.29. The number of nitrogens with zero attached hydrogens (tertiary/aromatic N) is 3. The molecule has 0 bridgehead atoms. The Morgan fingerprint density at radius 3 is 2.05 bits per heavy atom. The maximum absolute atomic E-state index is 13.4. The normalized spacial score (nSPS) is 23.0. The van der Waals surface area contributed by atoms with Gasteiger partial charge in [-0.3, -0.25) is 4.79 Å². The smallest absolute Gasteiger partial charge is 0.341 e. The van der Waals surface area contributed by atoms with Crippen LogP contribution in [0.4, 0.5) is 26.3 Å². The molecule has 0 aromatic heterocycles. The van der Waals surface area contributed by atoms with E-state index in [1.54, 1.807) is 4.90 Å². The molecule has 0 saturated carbocycles. The van der Waals surface area contributed by atoms with Crippen molar-refractivity contribution in [1.82, 2.24) is 14.7 Å². The van der Waals surface area contributed by atoms with E-state index in [4.69, 9.17) is 0 Å². The van der Waals surface area contributed by atoms with Crippen LogP contribution < -0.4 is 0 Å². The third kappa shape index (κ3) is 7.61. The molecule has 3 fully saturated rings. The quantitative estimate of drug-likeness (QED) is 0.301. The molecule has 1 amide bonds. The van der Waals surface area contributed by atoms with Crippen LogP contribution in [-0.4, -0.2) is 72.5 Å². The number of halogens is 6. The third-order valence-electron chi connectivity index (χ3n) is 10.2. The number of rotatable bonds is 7. The predicted octanol–water partition coefficient (Wildman–Crippen LogP) is 7.39. The second kappa shape index (κ2) is 13.0. The van der Waals surface area contributed by atoms with Crippen LogP contribution in [0.15, 0.2) is 36.4 Å². The van der Waals surface area contributed by atoms with Crippen molar-refractivity contribution in [2.24, 2.45) is 0 Å². The summed E-state index contributed by atoms with van der Waals surface area (Å²) in [5, 5.41) is 0. The van der Waals surface area contributed by atoms with E-state index < -0.39 is 35.8 Å². The fraction of sp³-hybridized carbons (Fsp3) is 0.618. The number of likely N-dealkylation sites (tertiary alicyclic amines) is 3. The fourth-order valence-electron chi connectivity index (χ4n) is 7.31. The van der Waals surface area contributed by atoms with Crippen molar-refractivity contribution in [1.29, 1.82) is 0 Å². The van der Waals surface area contributed by atoms with E-state index in [1.165, 1.54) is 37.9 Å². The van der Waals surface area contributed by atoms with Crippen molar-refractivity contribution >= 4 is 5.91 Å². The van der Waals surface area contributed by atoms with Gasteiger partial charge in [-0.25, -0.2) is 0 Å². The molecule has 1 unspecified atom stereocenters. The number of aryl methyl sites for hydroxylation is 2. The van der Waals surface area contributed by atoms with E-state index >= 15 is 0 Å². The molecule has 3 heterocycles. The van der Waals surface area contributed by atoms with Crippen LogP contribution in [0.1, 0.15) is 78.3 Å². The lowest BCUT2D eigenvalue weighted by molar-refractivity contribution is -0.143. The van der Waals surface area contributed by atoms with Gasteiger partial charge in [0.25, 0.3) is 0 Å². The number of benzene rings is 2. The van der Waals surface area contributed by atoms with Crippen LogP contribution in [-0.2, 0) is 29.0 Å². The van der Waals surface area contributed by atoms with Crippen molar-refractivity contribution in [3.8, 4) is 0 Å². The summed E-state index contributed by atoms with van der Waals surface area (Å²) in [5.74, 6) is -0.453. The van der Waals surface area contributed by atoms with Gasteiger partial charge in [0, 0.05) is 24.5 Å². The van der Waals surface area contributed by atoms with E-state index in [2.05, 4.69) is 34.9 Å². The standard InChI is InChI=1S/C34H43F6N3O/c1-24-6-7-27(18-25(24)2)32(10-16-41-14-8-30(9-15-41)42-12-4-3-5-13-42)11-17-43(23-32)31(44)21-26-19-28(33(35,36)37)22-29(20-26)34(38,39)40/h6-7,18-20,22,30H,3-5,8-17,21,23H2,1-2H3. The molecular weight excluding hydrogens is 580 g/mol. The van der Waals surface area contributed by atoms with Crippen molar-refractivity contribution in [3.63, 3.8) is 0 Å². The Labute approximate surface area is 256 Å². The summed E-state index contributed by atoms with van der Waals surface area (Å²) in [6, 6.07) is 8.44. The summed E-state index contributed by atoms with van der Waals surface area (Å²) in [6.07, 6.45) is -2.70. The van der Waals surface area contributed by atoms with Gasteiger partial charge in [-0.1, -0.05) is 24.6 Å². The van der Waals surface area contributed by atoms with Crippen LogP contribution in [0.2, 0.25) is 0 Å². The highest BCUT2D eigenvalue weighted by molar-refractivity contribution is 5.79. The molecule has 0 aliphatic carbocycles. The highest BCUT2D eigenvalue weighted by Gasteiger charge is 2.42. The molecular formula is C34H43F6N3O. The van der Waals surface area contributed by atoms with Crippen LogP contribution >= 0.6 is 0 Å². The number of piperidine rings is 2. The van der Waals surface area contributed by atoms with Gasteiger partial charge in [-0.2, -0.15) is 26.3 Å². The number of amides is 1. The minimum atomic E-state index is -4.95. The van der Waals surface area contributed by atoms with Gasteiger partial charge in [-0.05, 0) is 126 Å². The molecule has 5 rings (SSSR count). The Morgan fingerprint density at radius 1 is 0.818 bits per heavy atom. The molecule has 4 nitrogen and oxygen atoms in total. The minimum absolute atomic E-state index is 0.101. The summed E-state index contributed by atoms with van der Waals surface area (Å²) < 4.78 is 80.5. The van der Waals surface area contributed by atoms with Gasteiger partial charge in [0.05, 0.1) is 17.5 Å². The number of carbonyl (C=O) groups excluding carboxylic acids is 1. The molecule has 3 aliphatic rings. The highest BCUT2D eigenvalue weighted by atomic mass is 19.4. The first-order valence-corrected chi connectivity index (χ1v) is 15.8. The van der Waals surface area contributed by atoms with E-state index in [1.807, 2.05) is 6.92 Å². The molecule has 3 saturated heterocycles. The Morgan fingerprint density at radius 2 is 1.45 bits per heavy atom. The molecule has 242 valence electrons. The van der Waals surface area contributed by atoms with Crippen molar-refractivity contribution in [2.45, 2.75) is 89.0 Å². The highest BCUT2D eigenvalue weighted by Crippen LogP contribution is 2.40. The number of hydrogen-bond acceptors (Lipinski definition) is 3. The van der Waals surface area contributed by atoms with Gasteiger partial charge >= 0.3 is 12.4 Å². The first kappa shape index (κ1) is 32.8. The zero-order valence-electron chi connectivity index (χ0n) is 25.7. The molecule has 44 heavy (non-hydrogen) atoms. The van der Waals surface area contributed by atoms with E-state index in [9.17, 15) is 31.1 Å². The van der Waals surface area contributed by atoms with Crippen LogP contribution in [0.3, 0.4) is 0 Å². The van der Waals surface area contributed by atoms with Gasteiger partial charge in [-0.15, -0.1) is 0 Å². The van der Waals surface area contributed by atoms with Crippen molar-refractivity contribution in [3.05, 3.63) is 69.8 Å². The molecule has 2 aromatic rings. The third-order valence-corrected chi connectivity index (χ3v) is 10.2. The second-order valence-corrected chi connectivity index (χ2v) is 13.2. The Kier molecular flexibility index (Phi) is 9.71. The maximum atomic E-state index is 13.4. The summed E-state index contributed by atoms with van der Waals surface area (Å²) in [6.45, 7) is 10.2. The first-order valence-electron chi connectivity index (χ1n) is 15.8. The zero-order valence-corrected chi connectivity index (χ0v) is 25.7. The predicted molar refractivity (Wildman–Crippen MR) is 158 cm³/mol. The largest absolute Gasteiger partial charge is 0.416 e. The molecule has 0 radical (unpaired) electrons. The minimum Gasteiger partial charge on any atom is -0.341 e. The van der Waals surface area contributed by atoms with Gasteiger partial charge < -0.3 is 14.7 Å². The average molecular weight is 624 g/mol. The fourth-order valence-corrected chi connectivity index (χ4v) is 7.31. The zero-order chi connectivity index (χ0) is 31.7. The van der Waals surface area contributed by atoms with E-state index in [0.29, 0.717) is 37.7 Å². The average Bonchev–Trinajstić information content (AvgIpc) is 3.43. The Bertz CT molecular complexity index is 1280. The lowest BCUT2D eigenvalue weighted by atomic mass is 9.75. The van der Waals surface area contributed by atoms with Crippen molar-refractivity contribution in [2.75, 3.05) is 45.8 Å².